The lowest BCUT2D eigenvalue weighted by atomic mass is 9.80. The predicted octanol–water partition coefficient (Wildman–Crippen LogP) is 3.13. The molecule has 1 aliphatic rings. The van der Waals surface area contributed by atoms with Crippen LogP contribution < -0.4 is 0 Å². The lowest BCUT2D eigenvalue weighted by Gasteiger charge is -2.29. The quantitative estimate of drug-likeness (QED) is 0.814. The Morgan fingerprint density at radius 3 is 3.24 bits per heavy atom. The number of aromatic nitrogens is 2. The summed E-state index contributed by atoms with van der Waals surface area (Å²) in [5.74, 6) is 0. The average Bonchev–Trinajstić information content (AvgIpc) is 2.95. The zero-order valence-corrected chi connectivity index (χ0v) is 12.1. The maximum Gasteiger partial charge on any atom is 0.193 e. The van der Waals surface area contributed by atoms with Crippen LogP contribution in [-0.2, 0) is 11.2 Å². The van der Waals surface area contributed by atoms with Crippen LogP contribution in [0.15, 0.2) is 17.8 Å². The molecule has 2 unspecified atom stereocenters. The first-order valence-electron chi connectivity index (χ1n) is 5.82. The number of alkyl halides is 1. The summed E-state index contributed by atoms with van der Waals surface area (Å²) in [5.41, 5.74) is 1.39. The van der Waals surface area contributed by atoms with Gasteiger partial charge in [0.15, 0.2) is 4.96 Å². The molecule has 2 aromatic rings. The van der Waals surface area contributed by atoms with Gasteiger partial charge in [0, 0.05) is 41.5 Å². The third-order valence-electron chi connectivity index (χ3n) is 3.77. The van der Waals surface area contributed by atoms with Crippen LogP contribution >= 0.6 is 27.3 Å². The van der Waals surface area contributed by atoms with Crippen molar-refractivity contribution in [1.29, 1.82) is 0 Å². The molecular weight excluding hydrogens is 300 g/mol. The summed E-state index contributed by atoms with van der Waals surface area (Å²) in [4.78, 5) is 5.75. The van der Waals surface area contributed by atoms with Gasteiger partial charge >= 0.3 is 0 Å². The second kappa shape index (κ2) is 4.37. The molecule has 3 rings (SSSR count). The van der Waals surface area contributed by atoms with E-state index in [1.54, 1.807) is 11.3 Å². The van der Waals surface area contributed by atoms with Gasteiger partial charge in [-0.3, -0.25) is 4.40 Å². The molecule has 2 aromatic heterocycles. The van der Waals surface area contributed by atoms with Gasteiger partial charge < -0.3 is 4.74 Å². The Hall–Kier alpha value is -0.390. The summed E-state index contributed by atoms with van der Waals surface area (Å²) in [6, 6.07) is 0. The highest BCUT2D eigenvalue weighted by Crippen LogP contribution is 2.39. The first kappa shape index (κ1) is 11.7. The van der Waals surface area contributed by atoms with E-state index in [9.17, 15) is 0 Å². The van der Waals surface area contributed by atoms with E-state index in [0.717, 1.165) is 29.7 Å². The summed E-state index contributed by atoms with van der Waals surface area (Å²) in [6.07, 6.45) is 6.62. The lowest BCUT2D eigenvalue weighted by Crippen LogP contribution is -2.33. The fourth-order valence-corrected chi connectivity index (χ4v) is 4.15. The molecule has 0 spiro atoms. The Morgan fingerprint density at radius 1 is 1.71 bits per heavy atom. The van der Waals surface area contributed by atoms with E-state index in [1.165, 1.54) is 5.69 Å². The van der Waals surface area contributed by atoms with Crippen molar-refractivity contribution in [2.45, 2.75) is 25.9 Å². The number of ether oxygens (including phenoxy) is 1. The zero-order chi connectivity index (χ0) is 11.9. The third kappa shape index (κ3) is 1.94. The predicted molar refractivity (Wildman–Crippen MR) is 73.0 cm³/mol. The van der Waals surface area contributed by atoms with E-state index >= 15 is 0 Å². The Labute approximate surface area is 113 Å². The molecule has 2 atom stereocenters. The van der Waals surface area contributed by atoms with Crippen LogP contribution in [-0.4, -0.2) is 27.4 Å². The fraction of sp³-hybridized carbons (Fsp3) is 0.583. The summed E-state index contributed by atoms with van der Waals surface area (Å²) < 4.78 is 7.83. The zero-order valence-electron chi connectivity index (χ0n) is 9.73. The highest BCUT2D eigenvalue weighted by molar-refractivity contribution is 9.09. The summed E-state index contributed by atoms with van der Waals surface area (Å²) in [7, 11) is 0. The van der Waals surface area contributed by atoms with Gasteiger partial charge in [0.2, 0.25) is 0 Å². The molecule has 0 N–H and O–H groups in total. The van der Waals surface area contributed by atoms with Crippen molar-refractivity contribution in [3.63, 3.8) is 0 Å². The second-order valence-electron chi connectivity index (χ2n) is 4.76. The van der Waals surface area contributed by atoms with E-state index < -0.39 is 0 Å². The summed E-state index contributed by atoms with van der Waals surface area (Å²) in [6.45, 7) is 3.04. The molecule has 0 amide bonds. The first-order chi connectivity index (χ1) is 8.23. The van der Waals surface area contributed by atoms with Gasteiger partial charge in [0.25, 0.3) is 0 Å². The highest BCUT2D eigenvalue weighted by Gasteiger charge is 2.41. The molecule has 3 heterocycles. The number of hydrogen-bond donors (Lipinski definition) is 0. The Kier molecular flexibility index (Phi) is 3.00. The van der Waals surface area contributed by atoms with Gasteiger partial charge in [-0.05, 0) is 13.3 Å². The van der Waals surface area contributed by atoms with E-state index in [2.05, 4.69) is 50.0 Å². The molecule has 3 nitrogen and oxygen atoms in total. The van der Waals surface area contributed by atoms with Crippen LogP contribution in [0.1, 0.15) is 19.0 Å². The van der Waals surface area contributed by atoms with Gasteiger partial charge in [0.1, 0.15) is 0 Å². The Morgan fingerprint density at radius 2 is 2.59 bits per heavy atom. The minimum Gasteiger partial charge on any atom is -0.378 e. The van der Waals surface area contributed by atoms with E-state index in [0.29, 0.717) is 6.10 Å². The normalized spacial score (nSPS) is 29.2. The highest BCUT2D eigenvalue weighted by atomic mass is 79.9. The maximum absolute atomic E-state index is 5.73. The second-order valence-corrected chi connectivity index (χ2v) is 6.19. The molecule has 92 valence electrons. The van der Waals surface area contributed by atoms with Crippen molar-refractivity contribution in [3.8, 4) is 0 Å². The fourth-order valence-electron chi connectivity index (χ4n) is 2.50. The SMILES string of the molecule is CC1OCCC1(CBr)Cc1cn2ccsc2n1. The van der Waals surface area contributed by atoms with Crippen molar-refractivity contribution in [2.75, 3.05) is 11.9 Å². The van der Waals surface area contributed by atoms with Crippen LogP contribution in [0.3, 0.4) is 0 Å². The monoisotopic (exact) mass is 314 g/mol. The van der Waals surface area contributed by atoms with Crippen molar-refractivity contribution >= 4 is 32.2 Å². The molecule has 17 heavy (non-hydrogen) atoms. The molecule has 0 radical (unpaired) electrons. The van der Waals surface area contributed by atoms with Gasteiger partial charge in [-0.25, -0.2) is 4.98 Å². The van der Waals surface area contributed by atoms with Gasteiger partial charge in [0.05, 0.1) is 11.8 Å². The molecule has 5 heteroatoms. The number of rotatable bonds is 3. The van der Waals surface area contributed by atoms with E-state index in [4.69, 9.17) is 4.74 Å². The van der Waals surface area contributed by atoms with Crippen LogP contribution in [0, 0.1) is 5.41 Å². The number of nitrogens with zero attached hydrogens (tertiary/aromatic N) is 2. The number of halogens is 1. The Bertz CT molecular complexity index is 495. The molecule has 1 aliphatic heterocycles. The molecule has 0 bridgehead atoms. The van der Waals surface area contributed by atoms with Crippen molar-refractivity contribution in [3.05, 3.63) is 23.5 Å². The third-order valence-corrected chi connectivity index (χ3v) is 5.66. The number of hydrogen-bond acceptors (Lipinski definition) is 3. The van der Waals surface area contributed by atoms with E-state index in [1.807, 2.05) is 0 Å². The number of imidazole rings is 1. The largest absolute Gasteiger partial charge is 0.378 e. The van der Waals surface area contributed by atoms with Gasteiger partial charge in [-0.1, -0.05) is 15.9 Å². The number of fused-ring (bicyclic) bond motifs is 1. The van der Waals surface area contributed by atoms with Crippen LogP contribution in [0.2, 0.25) is 0 Å². The minimum atomic E-state index is 0.212. The van der Waals surface area contributed by atoms with Gasteiger partial charge in [-0.2, -0.15) is 0 Å². The molecule has 1 fully saturated rings. The van der Waals surface area contributed by atoms with Crippen molar-refractivity contribution in [1.82, 2.24) is 9.38 Å². The van der Waals surface area contributed by atoms with Crippen molar-refractivity contribution in [2.24, 2.45) is 5.41 Å². The average molecular weight is 315 g/mol. The number of thiazole rings is 1. The molecule has 1 saturated heterocycles. The Balaban J connectivity index is 1.88. The topological polar surface area (TPSA) is 26.5 Å². The summed E-state index contributed by atoms with van der Waals surface area (Å²) in [5, 5.41) is 3.04. The first-order valence-corrected chi connectivity index (χ1v) is 7.82. The maximum atomic E-state index is 5.73. The van der Waals surface area contributed by atoms with Crippen molar-refractivity contribution < 1.29 is 4.74 Å². The minimum absolute atomic E-state index is 0.212. The standard InChI is InChI=1S/C12H15BrN2OS/c1-9-12(8-13,2-4-16-9)6-10-7-15-3-5-17-11(15)14-10/h3,5,7,9H,2,4,6,8H2,1H3. The smallest absolute Gasteiger partial charge is 0.193 e. The molecule has 0 aliphatic carbocycles. The summed E-state index contributed by atoms with van der Waals surface area (Å²) >= 11 is 5.34. The lowest BCUT2D eigenvalue weighted by molar-refractivity contribution is 0.0743. The molecule has 0 aromatic carbocycles. The molecular formula is C12H15BrN2OS. The van der Waals surface area contributed by atoms with Crippen LogP contribution in [0.4, 0.5) is 0 Å². The van der Waals surface area contributed by atoms with Crippen LogP contribution in [0.5, 0.6) is 0 Å². The van der Waals surface area contributed by atoms with Gasteiger partial charge in [-0.15, -0.1) is 11.3 Å². The molecule has 0 saturated carbocycles. The van der Waals surface area contributed by atoms with Crippen LogP contribution in [0.25, 0.3) is 4.96 Å². The van der Waals surface area contributed by atoms with E-state index in [-0.39, 0.29) is 5.41 Å².